The monoisotopic (exact) mass is 277 g/mol. The number of carboxylic acid groups (broad SMARTS) is 1. The van der Waals surface area contributed by atoms with Gasteiger partial charge in [0, 0.05) is 13.6 Å². The Morgan fingerprint density at radius 1 is 1.40 bits per heavy atom. The molecular weight excluding hydrogens is 258 g/mol. The lowest BCUT2D eigenvalue weighted by Gasteiger charge is -2.27. The van der Waals surface area contributed by atoms with E-state index in [-0.39, 0.29) is 0 Å². The molecule has 20 heavy (non-hydrogen) atoms. The van der Waals surface area contributed by atoms with Crippen LogP contribution in [0.15, 0.2) is 12.5 Å². The number of hydrogen-bond acceptors (Lipinski definition) is 5. The van der Waals surface area contributed by atoms with Crippen molar-refractivity contribution in [2.45, 2.75) is 26.7 Å². The summed E-state index contributed by atoms with van der Waals surface area (Å²) in [5.74, 6) is -0.165. The number of hydrogen-bond donors (Lipinski definition) is 2. The van der Waals surface area contributed by atoms with Crippen LogP contribution in [0.25, 0.3) is 11.0 Å². The van der Waals surface area contributed by atoms with Crippen LogP contribution in [0.3, 0.4) is 0 Å². The van der Waals surface area contributed by atoms with E-state index in [4.69, 9.17) is 0 Å². The van der Waals surface area contributed by atoms with Crippen molar-refractivity contribution in [2.24, 2.45) is 12.5 Å². The molecule has 0 radical (unpaired) electrons. The highest BCUT2D eigenvalue weighted by molar-refractivity contribution is 5.86. The lowest BCUT2D eigenvalue weighted by atomic mass is 9.82. The molecule has 108 valence electrons. The molecule has 2 rings (SSSR count). The van der Waals surface area contributed by atoms with Crippen LogP contribution in [0.2, 0.25) is 0 Å². The van der Waals surface area contributed by atoms with Crippen molar-refractivity contribution >= 4 is 22.8 Å². The number of aryl methyl sites for hydroxylation is 1. The second-order valence-electron chi connectivity index (χ2n) is 4.87. The van der Waals surface area contributed by atoms with E-state index in [1.54, 1.807) is 17.9 Å². The van der Waals surface area contributed by atoms with E-state index in [2.05, 4.69) is 20.4 Å². The maximum Gasteiger partial charge on any atom is 0.311 e. The third-order valence-electron chi connectivity index (χ3n) is 3.93. The highest BCUT2D eigenvalue weighted by Gasteiger charge is 2.34. The molecule has 0 aromatic carbocycles. The van der Waals surface area contributed by atoms with Gasteiger partial charge in [-0.15, -0.1) is 0 Å². The molecule has 0 aliphatic carbocycles. The van der Waals surface area contributed by atoms with Crippen LogP contribution >= 0.6 is 0 Å². The lowest BCUT2D eigenvalue weighted by molar-refractivity contribution is -0.148. The van der Waals surface area contributed by atoms with Crippen LogP contribution < -0.4 is 5.32 Å². The minimum atomic E-state index is -0.786. The van der Waals surface area contributed by atoms with Gasteiger partial charge in [-0.25, -0.2) is 9.97 Å². The topological polar surface area (TPSA) is 92.9 Å². The van der Waals surface area contributed by atoms with Gasteiger partial charge in [-0.1, -0.05) is 13.8 Å². The Balaban J connectivity index is 2.26. The van der Waals surface area contributed by atoms with Crippen molar-refractivity contribution < 1.29 is 9.90 Å². The van der Waals surface area contributed by atoms with Crippen molar-refractivity contribution in [3.63, 3.8) is 0 Å². The Labute approximate surface area is 117 Å². The largest absolute Gasteiger partial charge is 0.481 e. The van der Waals surface area contributed by atoms with Gasteiger partial charge in [-0.05, 0) is 12.8 Å². The number of fused-ring (bicyclic) bond motifs is 1. The summed E-state index contributed by atoms with van der Waals surface area (Å²) < 4.78 is 1.66. The standard InChI is InChI=1S/C13H19N5O2/c1-4-13(5-2,12(19)20)7-14-10-9-6-17-18(3)11(9)16-8-15-10/h6,8H,4-5,7H2,1-3H3,(H,19,20)(H,14,15,16). The first-order chi connectivity index (χ1) is 9.54. The van der Waals surface area contributed by atoms with Crippen LogP contribution in [0.5, 0.6) is 0 Å². The number of carbonyl (C=O) groups is 1. The van der Waals surface area contributed by atoms with E-state index in [1.807, 2.05) is 13.8 Å². The molecule has 2 N–H and O–H groups in total. The van der Waals surface area contributed by atoms with Crippen LogP contribution in [0.1, 0.15) is 26.7 Å². The minimum absolute atomic E-state index is 0.330. The second-order valence-corrected chi connectivity index (χ2v) is 4.87. The number of rotatable bonds is 6. The molecule has 0 unspecified atom stereocenters. The maximum atomic E-state index is 11.5. The van der Waals surface area contributed by atoms with Gasteiger partial charge < -0.3 is 10.4 Å². The van der Waals surface area contributed by atoms with E-state index in [9.17, 15) is 9.90 Å². The summed E-state index contributed by atoms with van der Waals surface area (Å²) in [7, 11) is 1.80. The number of nitrogens with one attached hydrogen (secondary N) is 1. The SMILES string of the molecule is CCC(CC)(CNc1ncnc2c1cnn2C)C(=O)O. The molecule has 0 bridgehead atoms. The minimum Gasteiger partial charge on any atom is -0.481 e. The first-order valence-electron chi connectivity index (χ1n) is 6.64. The first kappa shape index (κ1) is 14.2. The number of aromatic nitrogens is 4. The summed E-state index contributed by atoms with van der Waals surface area (Å²) in [5, 5.41) is 17.5. The Morgan fingerprint density at radius 2 is 2.10 bits per heavy atom. The summed E-state index contributed by atoms with van der Waals surface area (Å²) in [6.07, 6.45) is 4.25. The molecule has 7 heteroatoms. The molecule has 0 spiro atoms. The zero-order valence-electron chi connectivity index (χ0n) is 11.9. The van der Waals surface area contributed by atoms with Gasteiger partial charge in [-0.2, -0.15) is 5.10 Å². The smallest absolute Gasteiger partial charge is 0.311 e. The summed E-state index contributed by atoms with van der Waals surface area (Å²) in [6.45, 7) is 4.11. The van der Waals surface area contributed by atoms with Gasteiger partial charge in [0.1, 0.15) is 12.1 Å². The van der Waals surface area contributed by atoms with Gasteiger partial charge in [0.05, 0.1) is 17.0 Å². The van der Waals surface area contributed by atoms with Gasteiger partial charge >= 0.3 is 5.97 Å². The van der Waals surface area contributed by atoms with Crippen LogP contribution in [0.4, 0.5) is 5.82 Å². The molecule has 0 aliphatic rings. The molecule has 0 aliphatic heterocycles. The molecule has 0 atom stereocenters. The van der Waals surface area contributed by atoms with Crippen molar-refractivity contribution in [1.29, 1.82) is 0 Å². The second kappa shape index (κ2) is 5.44. The Hall–Kier alpha value is -2.18. The predicted molar refractivity (Wildman–Crippen MR) is 75.4 cm³/mol. The Bertz CT molecular complexity index is 618. The van der Waals surface area contributed by atoms with Crippen LogP contribution in [-0.4, -0.2) is 37.4 Å². The molecule has 2 heterocycles. The van der Waals surface area contributed by atoms with Gasteiger partial charge in [0.2, 0.25) is 0 Å². The molecule has 2 aromatic rings. The van der Waals surface area contributed by atoms with E-state index in [0.29, 0.717) is 25.2 Å². The third-order valence-corrected chi connectivity index (χ3v) is 3.93. The fourth-order valence-corrected chi connectivity index (χ4v) is 2.23. The quantitative estimate of drug-likeness (QED) is 0.834. The molecular formula is C13H19N5O2. The number of aliphatic carboxylic acids is 1. The van der Waals surface area contributed by atoms with Gasteiger partial charge in [0.25, 0.3) is 0 Å². The maximum absolute atomic E-state index is 11.5. The normalized spacial score (nSPS) is 11.8. The highest BCUT2D eigenvalue weighted by atomic mass is 16.4. The Kier molecular flexibility index (Phi) is 3.87. The van der Waals surface area contributed by atoms with Crippen molar-refractivity contribution in [1.82, 2.24) is 19.7 Å². The number of anilines is 1. The van der Waals surface area contributed by atoms with Crippen molar-refractivity contribution in [2.75, 3.05) is 11.9 Å². The molecule has 7 nitrogen and oxygen atoms in total. The Morgan fingerprint density at radius 3 is 2.70 bits per heavy atom. The fraction of sp³-hybridized carbons (Fsp3) is 0.538. The number of nitrogens with zero attached hydrogens (tertiary/aromatic N) is 4. The molecule has 2 aromatic heterocycles. The van der Waals surface area contributed by atoms with Crippen LogP contribution in [0, 0.1) is 5.41 Å². The lowest BCUT2D eigenvalue weighted by Crippen LogP contribution is -2.37. The average Bonchev–Trinajstić information content (AvgIpc) is 2.83. The zero-order chi connectivity index (χ0) is 14.8. The summed E-state index contributed by atoms with van der Waals surface area (Å²) in [4.78, 5) is 19.8. The number of carboxylic acids is 1. The third kappa shape index (κ3) is 2.31. The van der Waals surface area contributed by atoms with E-state index in [1.165, 1.54) is 6.33 Å². The molecule has 0 saturated carbocycles. The molecule has 0 saturated heterocycles. The van der Waals surface area contributed by atoms with E-state index < -0.39 is 11.4 Å². The first-order valence-corrected chi connectivity index (χ1v) is 6.64. The fourth-order valence-electron chi connectivity index (χ4n) is 2.23. The van der Waals surface area contributed by atoms with Crippen molar-refractivity contribution in [3.05, 3.63) is 12.5 Å². The summed E-state index contributed by atoms with van der Waals surface area (Å²) in [6, 6.07) is 0. The van der Waals surface area contributed by atoms with E-state index >= 15 is 0 Å². The predicted octanol–water partition coefficient (Wildman–Crippen LogP) is 1.67. The van der Waals surface area contributed by atoms with Gasteiger partial charge in [0.15, 0.2) is 5.65 Å². The molecule has 0 amide bonds. The summed E-state index contributed by atoms with van der Waals surface area (Å²) >= 11 is 0. The van der Waals surface area contributed by atoms with Gasteiger partial charge in [-0.3, -0.25) is 9.48 Å². The highest BCUT2D eigenvalue weighted by Crippen LogP contribution is 2.28. The van der Waals surface area contributed by atoms with Crippen molar-refractivity contribution in [3.8, 4) is 0 Å². The summed E-state index contributed by atoms with van der Waals surface area (Å²) in [5.41, 5.74) is -0.0594. The average molecular weight is 277 g/mol. The van der Waals surface area contributed by atoms with E-state index in [0.717, 1.165) is 11.0 Å². The van der Waals surface area contributed by atoms with Crippen LogP contribution in [-0.2, 0) is 11.8 Å². The zero-order valence-corrected chi connectivity index (χ0v) is 11.9. The molecule has 0 fully saturated rings.